The molecule has 0 saturated heterocycles. The van der Waals surface area contributed by atoms with E-state index in [0.717, 1.165) is 55.0 Å². The van der Waals surface area contributed by atoms with E-state index in [0.29, 0.717) is 11.1 Å². The van der Waals surface area contributed by atoms with E-state index in [1.165, 1.54) is 0 Å². The molecule has 0 fully saturated rings. The van der Waals surface area contributed by atoms with Crippen LogP contribution in [0.25, 0.3) is 94.7 Å². The zero-order chi connectivity index (χ0) is 41.7. The van der Waals surface area contributed by atoms with Crippen molar-refractivity contribution in [3.8, 4) is 51.0 Å². The SMILES string of the molecule is [B]c1c([B])c([B])c(-c2nc(-c3ccc4c(c3)oc3c(-c5ccc6c(c5)c5ccccc5n6-c5ccccc5)cccc34)nc(-c3c([B])c([B])c([B])c([B])c3[B])n2)c([B])c1[B]. The Labute approximate surface area is 359 Å². The van der Waals surface area contributed by atoms with Gasteiger partial charge in [-0.2, -0.15) is 0 Å². The molecule has 0 saturated carbocycles. The summed E-state index contributed by atoms with van der Waals surface area (Å²) in [6.45, 7) is 0. The van der Waals surface area contributed by atoms with Crippen LogP contribution in [0, 0.1) is 0 Å². The summed E-state index contributed by atoms with van der Waals surface area (Å²) in [7, 11) is 63.3. The minimum absolute atomic E-state index is 0.00664. The van der Waals surface area contributed by atoms with Crippen LogP contribution < -0.4 is 54.6 Å². The normalized spacial score (nSPS) is 11.7. The van der Waals surface area contributed by atoms with Gasteiger partial charge in [0, 0.05) is 49.5 Å². The van der Waals surface area contributed by atoms with Crippen molar-refractivity contribution in [1.29, 1.82) is 0 Å². The molecular weight excluding hydrogens is 721 g/mol. The number of furan rings is 1. The first kappa shape index (κ1) is 38.0. The van der Waals surface area contributed by atoms with Crippen molar-refractivity contribution in [1.82, 2.24) is 19.5 Å². The van der Waals surface area contributed by atoms with Crippen LogP contribution in [0.4, 0.5) is 0 Å². The lowest BCUT2D eigenvalue weighted by Gasteiger charge is -2.22. The van der Waals surface area contributed by atoms with Crippen LogP contribution in [-0.2, 0) is 0 Å². The van der Waals surface area contributed by atoms with Crippen LogP contribution in [0.3, 0.4) is 0 Å². The molecule has 0 bridgehead atoms. The van der Waals surface area contributed by atoms with Crippen molar-refractivity contribution in [2.24, 2.45) is 0 Å². The molecule has 0 aliphatic rings. The van der Waals surface area contributed by atoms with Crippen LogP contribution in [-0.4, -0.2) is 98.0 Å². The molecule has 0 unspecified atom stereocenters. The predicted octanol–water partition coefficient (Wildman–Crippen LogP) is -0.526. The third-order valence-corrected chi connectivity index (χ3v) is 11.2. The second-order valence-corrected chi connectivity index (χ2v) is 14.6. The Morgan fingerprint density at radius 3 is 1.53 bits per heavy atom. The van der Waals surface area contributed by atoms with Crippen molar-refractivity contribution in [3.63, 3.8) is 0 Å². The van der Waals surface area contributed by atoms with E-state index in [2.05, 4.69) is 65.2 Å². The van der Waals surface area contributed by atoms with Gasteiger partial charge in [-0.15, -0.1) is 32.8 Å². The number of benzene rings is 7. The van der Waals surface area contributed by atoms with Crippen LogP contribution in [0.5, 0.6) is 0 Å². The number of fused-ring (bicyclic) bond motifs is 6. The van der Waals surface area contributed by atoms with Gasteiger partial charge in [-0.05, 0) is 48.0 Å². The van der Waals surface area contributed by atoms with Crippen LogP contribution in [0.2, 0.25) is 0 Å². The number of aromatic nitrogens is 4. The van der Waals surface area contributed by atoms with Gasteiger partial charge in [0.2, 0.25) is 0 Å². The Kier molecular flexibility index (Phi) is 9.02. The van der Waals surface area contributed by atoms with E-state index in [1.807, 2.05) is 48.5 Å². The average molecular weight is 739 g/mol. The molecule has 60 heavy (non-hydrogen) atoms. The number of para-hydroxylation sites is 3. The van der Waals surface area contributed by atoms with Gasteiger partial charge >= 0.3 is 0 Å². The maximum atomic E-state index is 6.72. The van der Waals surface area contributed by atoms with Crippen molar-refractivity contribution in [3.05, 3.63) is 109 Å². The Balaban J connectivity index is 1.16. The van der Waals surface area contributed by atoms with Crippen molar-refractivity contribution in [2.75, 3.05) is 0 Å². The predicted molar refractivity (Wildman–Crippen MR) is 257 cm³/mol. The number of nitrogens with zero attached hydrogens (tertiary/aromatic N) is 4. The summed E-state index contributed by atoms with van der Waals surface area (Å²) >= 11 is 0. The summed E-state index contributed by atoms with van der Waals surface area (Å²) in [6.07, 6.45) is 0. The third-order valence-electron chi connectivity index (χ3n) is 11.2. The smallest absolute Gasteiger partial charge is 0.164 e. The molecule has 0 aliphatic carbocycles. The summed E-state index contributed by atoms with van der Waals surface area (Å²) in [4.78, 5) is 14.3. The van der Waals surface area contributed by atoms with Gasteiger partial charge in [-0.25, -0.2) is 15.0 Å². The first-order valence-electron chi connectivity index (χ1n) is 18.8. The van der Waals surface area contributed by atoms with Crippen LogP contribution >= 0.6 is 0 Å². The molecule has 10 rings (SSSR count). The lowest BCUT2D eigenvalue weighted by atomic mass is 9.60. The molecular formula is C45H18B10N4O. The van der Waals surface area contributed by atoms with Crippen molar-refractivity contribution >= 4 is 177 Å². The average Bonchev–Trinajstić information content (AvgIpc) is 3.82. The lowest BCUT2D eigenvalue weighted by Crippen LogP contribution is -2.55. The van der Waals surface area contributed by atoms with Gasteiger partial charge in [-0.1, -0.05) is 88.6 Å². The quantitative estimate of drug-likeness (QED) is 0.223. The standard InChI is InChI=1S/C45H18B10N4O/c46-32-30(33(47)37(51)40(54)36(32)50)44-56-43(57-45(58-44)31-34(48)38(52)41(55)39(53)35(31)49)20-13-15-24-25-11-6-10-22(42(25)60-29(24)18-20)19-14-16-28-26(17-19)23-9-4-5-12-27(23)59(28)21-7-2-1-3-8-21/h1-18H. The number of hydrogen-bond acceptors (Lipinski definition) is 4. The molecule has 0 aliphatic heterocycles. The molecule has 0 amide bonds. The summed E-state index contributed by atoms with van der Waals surface area (Å²) in [5, 5.41) is 4.09. The van der Waals surface area contributed by atoms with Gasteiger partial charge in [-0.3, -0.25) is 0 Å². The highest BCUT2D eigenvalue weighted by molar-refractivity contribution is 6.70. The highest BCUT2D eigenvalue weighted by Crippen LogP contribution is 2.40. The summed E-state index contributed by atoms with van der Waals surface area (Å²) in [5.74, 6) is 0.192. The molecule has 0 N–H and O–H groups in total. The molecule has 254 valence electrons. The Morgan fingerprint density at radius 1 is 0.383 bits per heavy atom. The van der Waals surface area contributed by atoms with Crippen LogP contribution in [0.1, 0.15) is 0 Å². The molecule has 15 heteroatoms. The number of rotatable bonds is 5. The highest BCUT2D eigenvalue weighted by Gasteiger charge is 2.22. The zero-order valence-electron chi connectivity index (χ0n) is 31.9. The zero-order valence-corrected chi connectivity index (χ0v) is 31.9. The van der Waals surface area contributed by atoms with E-state index in [4.69, 9.17) is 97.8 Å². The molecule has 20 radical (unpaired) electrons. The Hall–Kier alpha value is -6.20. The minimum Gasteiger partial charge on any atom is -0.455 e. The molecule has 3 aromatic heterocycles. The summed E-state index contributed by atoms with van der Waals surface area (Å²) in [5.41, 5.74) is 7.56. The van der Waals surface area contributed by atoms with Gasteiger partial charge in [0.1, 0.15) is 89.6 Å². The van der Waals surface area contributed by atoms with Gasteiger partial charge in [0.25, 0.3) is 0 Å². The van der Waals surface area contributed by atoms with Crippen LogP contribution in [0.15, 0.2) is 114 Å². The second kappa shape index (κ2) is 14.2. The maximum absolute atomic E-state index is 6.72. The van der Waals surface area contributed by atoms with E-state index in [-0.39, 0.29) is 83.2 Å². The third kappa shape index (κ3) is 5.73. The Bertz CT molecular complexity index is 3310. The van der Waals surface area contributed by atoms with Gasteiger partial charge in [0.15, 0.2) is 17.5 Å². The molecule has 5 nitrogen and oxygen atoms in total. The van der Waals surface area contributed by atoms with E-state index >= 15 is 0 Å². The molecule has 0 atom stereocenters. The number of hydrogen-bond donors (Lipinski definition) is 0. The molecule has 7 aromatic carbocycles. The Morgan fingerprint density at radius 2 is 0.900 bits per heavy atom. The molecule has 0 spiro atoms. The van der Waals surface area contributed by atoms with Gasteiger partial charge in [0.05, 0.1) is 11.0 Å². The van der Waals surface area contributed by atoms with E-state index in [1.54, 1.807) is 0 Å². The fourth-order valence-corrected chi connectivity index (χ4v) is 8.07. The van der Waals surface area contributed by atoms with Gasteiger partial charge < -0.3 is 8.98 Å². The largest absolute Gasteiger partial charge is 0.455 e. The maximum Gasteiger partial charge on any atom is 0.164 e. The van der Waals surface area contributed by atoms with Crippen molar-refractivity contribution < 1.29 is 4.42 Å². The first-order valence-corrected chi connectivity index (χ1v) is 18.8. The topological polar surface area (TPSA) is 56.7 Å². The molecule has 3 heterocycles. The first-order chi connectivity index (χ1) is 28.9. The summed E-state index contributed by atoms with van der Waals surface area (Å²) < 4.78 is 9.01. The fourth-order valence-electron chi connectivity index (χ4n) is 8.07. The summed E-state index contributed by atoms with van der Waals surface area (Å²) in [6, 6.07) is 37.1. The van der Waals surface area contributed by atoms with E-state index in [9.17, 15) is 0 Å². The van der Waals surface area contributed by atoms with Crippen molar-refractivity contribution in [2.45, 2.75) is 0 Å². The minimum atomic E-state index is 0.00664. The molecule has 10 aromatic rings. The van der Waals surface area contributed by atoms with E-state index < -0.39 is 0 Å². The fraction of sp³-hybridized carbons (Fsp3) is 0. The second-order valence-electron chi connectivity index (χ2n) is 14.6. The lowest BCUT2D eigenvalue weighted by molar-refractivity contribution is 0.670. The monoisotopic (exact) mass is 740 g/mol. The highest BCUT2D eigenvalue weighted by atomic mass is 16.3.